The minimum Gasteiger partial charge on any atom is -0.352 e. The molecule has 25 heavy (non-hydrogen) atoms. The molecule has 0 heterocycles. The summed E-state index contributed by atoms with van der Waals surface area (Å²) < 4.78 is 26.4. The summed E-state index contributed by atoms with van der Waals surface area (Å²) in [4.78, 5) is 26.2. The highest BCUT2D eigenvalue weighted by Crippen LogP contribution is 2.28. The number of nitrogens with zero attached hydrogens (tertiary/aromatic N) is 1. The van der Waals surface area contributed by atoms with E-state index in [-0.39, 0.29) is 18.0 Å². The number of amides is 2. The Balaban J connectivity index is 1.74. The van der Waals surface area contributed by atoms with E-state index in [2.05, 4.69) is 19.2 Å². The van der Waals surface area contributed by atoms with Crippen LogP contribution in [-0.4, -0.2) is 35.8 Å². The van der Waals surface area contributed by atoms with Gasteiger partial charge in [0.05, 0.1) is 5.56 Å². The van der Waals surface area contributed by atoms with Gasteiger partial charge in [0.2, 0.25) is 5.91 Å². The summed E-state index contributed by atoms with van der Waals surface area (Å²) in [5, 5.41) is 2.58. The molecule has 0 saturated heterocycles. The second-order valence-corrected chi connectivity index (χ2v) is 6.98. The highest BCUT2D eigenvalue weighted by Gasteiger charge is 2.31. The summed E-state index contributed by atoms with van der Waals surface area (Å²) in [6.07, 6.45) is 4.00. The van der Waals surface area contributed by atoms with Crippen LogP contribution in [0.3, 0.4) is 0 Å². The molecule has 2 amide bonds. The van der Waals surface area contributed by atoms with Crippen molar-refractivity contribution in [2.24, 2.45) is 5.92 Å². The zero-order valence-corrected chi connectivity index (χ0v) is 14.9. The van der Waals surface area contributed by atoms with Gasteiger partial charge in [-0.05, 0) is 43.7 Å². The normalized spacial score (nSPS) is 13.8. The van der Waals surface area contributed by atoms with E-state index >= 15 is 0 Å². The van der Waals surface area contributed by atoms with Gasteiger partial charge in [0.15, 0.2) is 0 Å². The topological polar surface area (TPSA) is 49.4 Å². The molecule has 0 radical (unpaired) electrons. The van der Waals surface area contributed by atoms with Crippen molar-refractivity contribution < 1.29 is 18.4 Å². The van der Waals surface area contributed by atoms with Crippen molar-refractivity contribution in [3.63, 3.8) is 0 Å². The van der Waals surface area contributed by atoms with Crippen LogP contribution in [-0.2, 0) is 4.79 Å². The monoisotopic (exact) mass is 352 g/mol. The molecule has 6 heteroatoms. The molecule has 0 bridgehead atoms. The van der Waals surface area contributed by atoms with E-state index in [1.165, 1.54) is 0 Å². The van der Waals surface area contributed by atoms with Gasteiger partial charge in [-0.3, -0.25) is 9.59 Å². The molecule has 1 aliphatic rings. The SMILES string of the molecule is CC(C)CCN(C(=O)CCCNC(=O)c1ccc(F)cc1F)C1CC1. The standard InChI is InChI=1S/C19H26F2N2O2/c1-13(2)9-11-23(15-6-7-15)18(24)4-3-10-22-19(25)16-8-5-14(20)12-17(16)21/h5,8,12-13,15H,3-4,6-7,9-11H2,1-2H3,(H,22,25). The Kier molecular flexibility index (Phi) is 6.91. The smallest absolute Gasteiger partial charge is 0.254 e. The number of nitrogens with one attached hydrogen (secondary N) is 1. The van der Waals surface area contributed by atoms with Crippen LogP contribution in [0.1, 0.15) is 56.3 Å². The van der Waals surface area contributed by atoms with Gasteiger partial charge >= 0.3 is 0 Å². The number of carbonyl (C=O) groups is 2. The fourth-order valence-corrected chi connectivity index (χ4v) is 2.65. The maximum Gasteiger partial charge on any atom is 0.254 e. The zero-order valence-electron chi connectivity index (χ0n) is 14.9. The lowest BCUT2D eigenvalue weighted by Gasteiger charge is -2.23. The molecule has 0 spiro atoms. The van der Waals surface area contributed by atoms with Gasteiger partial charge in [-0.15, -0.1) is 0 Å². The second kappa shape index (κ2) is 8.92. The lowest BCUT2D eigenvalue weighted by atomic mass is 10.1. The lowest BCUT2D eigenvalue weighted by molar-refractivity contribution is -0.132. The van der Waals surface area contributed by atoms with Gasteiger partial charge in [0.25, 0.3) is 5.91 Å². The number of hydrogen-bond donors (Lipinski definition) is 1. The van der Waals surface area contributed by atoms with E-state index in [0.717, 1.165) is 37.9 Å². The average Bonchev–Trinajstić information content (AvgIpc) is 3.36. The summed E-state index contributed by atoms with van der Waals surface area (Å²) in [6, 6.07) is 3.23. The second-order valence-electron chi connectivity index (χ2n) is 6.98. The van der Waals surface area contributed by atoms with Gasteiger partial charge in [-0.2, -0.15) is 0 Å². The van der Waals surface area contributed by atoms with Crippen LogP contribution in [0.2, 0.25) is 0 Å². The minimum atomic E-state index is -0.887. The molecule has 0 aliphatic heterocycles. The van der Waals surface area contributed by atoms with Crippen molar-refractivity contribution in [2.75, 3.05) is 13.1 Å². The van der Waals surface area contributed by atoms with E-state index < -0.39 is 17.5 Å². The maximum absolute atomic E-state index is 13.5. The van der Waals surface area contributed by atoms with Gasteiger partial charge in [-0.1, -0.05) is 13.8 Å². The molecule has 0 unspecified atom stereocenters. The molecule has 2 rings (SSSR count). The van der Waals surface area contributed by atoms with E-state index in [4.69, 9.17) is 0 Å². The first-order chi connectivity index (χ1) is 11.9. The number of carbonyl (C=O) groups excluding carboxylic acids is 2. The molecular formula is C19H26F2N2O2. The van der Waals surface area contributed by atoms with Gasteiger partial charge in [0.1, 0.15) is 11.6 Å². The summed E-state index contributed by atoms with van der Waals surface area (Å²) in [5.41, 5.74) is -0.190. The van der Waals surface area contributed by atoms with Gasteiger partial charge in [0, 0.05) is 31.6 Å². The summed E-state index contributed by atoms with van der Waals surface area (Å²) in [7, 11) is 0. The molecule has 1 saturated carbocycles. The van der Waals surface area contributed by atoms with Crippen LogP contribution in [0.15, 0.2) is 18.2 Å². The van der Waals surface area contributed by atoms with E-state index in [1.807, 2.05) is 4.90 Å². The molecule has 1 fully saturated rings. The van der Waals surface area contributed by atoms with Crippen molar-refractivity contribution in [3.8, 4) is 0 Å². The summed E-state index contributed by atoms with van der Waals surface area (Å²) in [5.74, 6) is -1.53. The van der Waals surface area contributed by atoms with Crippen LogP contribution >= 0.6 is 0 Å². The van der Waals surface area contributed by atoms with Crippen molar-refractivity contribution in [1.82, 2.24) is 10.2 Å². The van der Waals surface area contributed by atoms with E-state index in [1.54, 1.807) is 0 Å². The molecule has 1 N–H and O–H groups in total. The Morgan fingerprint density at radius 2 is 2.00 bits per heavy atom. The van der Waals surface area contributed by atoms with Gasteiger partial charge < -0.3 is 10.2 Å². The molecule has 138 valence electrons. The fraction of sp³-hybridized carbons (Fsp3) is 0.579. The highest BCUT2D eigenvalue weighted by molar-refractivity contribution is 5.94. The van der Waals surface area contributed by atoms with Crippen molar-refractivity contribution in [1.29, 1.82) is 0 Å². The number of halogens is 2. The Morgan fingerprint density at radius 1 is 1.28 bits per heavy atom. The summed E-state index contributed by atoms with van der Waals surface area (Å²) >= 11 is 0. The molecule has 0 atom stereocenters. The average molecular weight is 352 g/mol. The molecule has 0 aromatic heterocycles. The van der Waals surface area contributed by atoms with Crippen LogP contribution < -0.4 is 5.32 Å². The molecule has 4 nitrogen and oxygen atoms in total. The lowest BCUT2D eigenvalue weighted by Crippen LogP contribution is -2.35. The first-order valence-corrected chi connectivity index (χ1v) is 8.91. The maximum atomic E-state index is 13.5. The molecule has 1 aromatic rings. The van der Waals surface area contributed by atoms with Crippen molar-refractivity contribution in [3.05, 3.63) is 35.4 Å². The number of hydrogen-bond acceptors (Lipinski definition) is 2. The van der Waals surface area contributed by atoms with Crippen LogP contribution in [0.5, 0.6) is 0 Å². The quantitative estimate of drug-likeness (QED) is 0.692. The van der Waals surface area contributed by atoms with Crippen LogP contribution in [0.4, 0.5) is 8.78 Å². The third-order valence-electron chi connectivity index (χ3n) is 4.28. The summed E-state index contributed by atoms with van der Waals surface area (Å²) in [6.45, 7) is 5.34. The number of benzene rings is 1. The minimum absolute atomic E-state index is 0.116. The Labute approximate surface area is 147 Å². The zero-order chi connectivity index (χ0) is 18.4. The van der Waals surface area contributed by atoms with Gasteiger partial charge in [-0.25, -0.2) is 8.78 Å². The molecular weight excluding hydrogens is 326 g/mol. The van der Waals surface area contributed by atoms with Crippen LogP contribution in [0.25, 0.3) is 0 Å². The molecule has 1 aliphatic carbocycles. The Hall–Kier alpha value is -1.98. The van der Waals surface area contributed by atoms with Crippen LogP contribution in [0, 0.1) is 17.6 Å². The fourth-order valence-electron chi connectivity index (χ4n) is 2.65. The Morgan fingerprint density at radius 3 is 2.60 bits per heavy atom. The predicted octanol–water partition coefficient (Wildman–Crippen LogP) is 3.51. The predicted molar refractivity (Wildman–Crippen MR) is 92.1 cm³/mol. The van der Waals surface area contributed by atoms with Crippen molar-refractivity contribution in [2.45, 2.75) is 52.0 Å². The first kappa shape index (κ1) is 19.3. The van der Waals surface area contributed by atoms with E-state index in [9.17, 15) is 18.4 Å². The first-order valence-electron chi connectivity index (χ1n) is 8.91. The molecule has 1 aromatic carbocycles. The number of rotatable bonds is 9. The highest BCUT2D eigenvalue weighted by atomic mass is 19.1. The third-order valence-corrected chi connectivity index (χ3v) is 4.28. The van der Waals surface area contributed by atoms with Crippen molar-refractivity contribution >= 4 is 11.8 Å². The third kappa shape index (κ3) is 6.11. The Bertz CT molecular complexity index is 615. The van der Waals surface area contributed by atoms with E-state index in [0.29, 0.717) is 30.9 Å². The largest absolute Gasteiger partial charge is 0.352 e.